The van der Waals surface area contributed by atoms with Gasteiger partial charge >= 0.3 is 6.03 Å². The third-order valence-corrected chi connectivity index (χ3v) is 5.78. The first-order chi connectivity index (χ1) is 14.5. The molecule has 158 valence electrons. The largest absolute Gasteiger partial charge is 0.487 e. The van der Waals surface area contributed by atoms with Gasteiger partial charge in [-0.1, -0.05) is 36.4 Å². The van der Waals surface area contributed by atoms with E-state index in [1.165, 1.54) is 0 Å². The van der Waals surface area contributed by atoms with Crippen LogP contribution in [0.4, 0.5) is 10.5 Å². The van der Waals surface area contributed by atoms with Crippen LogP contribution in [0.5, 0.6) is 5.75 Å². The van der Waals surface area contributed by atoms with Crippen molar-refractivity contribution >= 4 is 17.6 Å². The van der Waals surface area contributed by atoms with Gasteiger partial charge in [-0.15, -0.1) is 0 Å². The molecule has 0 spiro atoms. The molecule has 6 heteroatoms. The molecule has 3 amide bonds. The number of ether oxygens (including phenoxy) is 1. The van der Waals surface area contributed by atoms with Gasteiger partial charge in [0.15, 0.2) is 0 Å². The highest BCUT2D eigenvalue weighted by Gasteiger charge is 2.34. The smallest absolute Gasteiger partial charge is 0.324 e. The van der Waals surface area contributed by atoms with Crippen LogP contribution < -0.4 is 15.0 Å². The molecule has 0 aromatic heterocycles. The van der Waals surface area contributed by atoms with E-state index in [9.17, 15) is 9.59 Å². The fourth-order valence-electron chi connectivity index (χ4n) is 4.19. The molecule has 2 atom stereocenters. The number of likely N-dealkylation sites (tertiary alicyclic amines) is 1. The zero-order valence-corrected chi connectivity index (χ0v) is 17.6. The summed E-state index contributed by atoms with van der Waals surface area (Å²) >= 11 is 0. The zero-order chi connectivity index (χ0) is 21.1. The Bertz CT molecular complexity index is 915. The van der Waals surface area contributed by atoms with E-state index in [4.69, 9.17) is 4.74 Å². The Morgan fingerprint density at radius 2 is 1.93 bits per heavy atom. The first-order valence-electron chi connectivity index (χ1n) is 10.7. The average molecular weight is 408 g/mol. The average Bonchev–Trinajstić information content (AvgIpc) is 2.77. The number of nitrogens with zero attached hydrogens (tertiary/aromatic N) is 2. The Morgan fingerprint density at radius 3 is 2.73 bits per heavy atom. The van der Waals surface area contributed by atoms with Crippen molar-refractivity contribution in [1.82, 2.24) is 10.2 Å². The molecule has 2 aliphatic heterocycles. The van der Waals surface area contributed by atoms with Gasteiger partial charge in [-0.25, -0.2) is 4.79 Å². The van der Waals surface area contributed by atoms with Crippen LogP contribution in [0.25, 0.3) is 0 Å². The Balaban J connectivity index is 1.42. The molecule has 30 heavy (non-hydrogen) atoms. The normalized spacial score (nSPS) is 20.9. The van der Waals surface area contributed by atoms with Crippen molar-refractivity contribution in [2.45, 2.75) is 39.3 Å². The van der Waals surface area contributed by atoms with Crippen molar-refractivity contribution in [3.63, 3.8) is 0 Å². The summed E-state index contributed by atoms with van der Waals surface area (Å²) in [5, 5.41) is 3.03. The topological polar surface area (TPSA) is 61.9 Å². The molecule has 2 heterocycles. The first-order valence-corrected chi connectivity index (χ1v) is 10.7. The Morgan fingerprint density at radius 1 is 1.13 bits per heavy atom. The zero-order valence-electron chi connectivity index (χ0n) is 17.6. The predicted molar refractivity (Wildman–Crippen MR) is 117 cm³/mol. The molecule has 1 N–H and O–H groups in total. The van der Waals surface area contributed by atoms with E-state index < -0.39 is 0 Å². The van der Waals surface area contributed by atoms with E-state index in [1.54, 1.807) is 4.90 Å². The lowest BCUT2D eigenvalue weighted by atomic mass is 9.97. The monoisotopic (exact) mass is 407 g/mol. The number of benzene rings is 2. The van der Waals surface area contributed by atoms with Crippen LogP contribution in [0.2, 0.25) is 0 Å². The lowest BCUT2D eigenvalue weighted by Gasteiger charge is -2.39. The molecule has 2 aromatic carbocycles. The number of piperidine rings is 1. The second-order valence-corrected chi connectivity index (χ2v) is 8.28. The summed E-state index contributed by atoms with van der Waals surface area (Å²) in [5.41, 5.74) is 2.97. The molecule has 0 saturated carbocycles. The second kappa shape index (κ2) is 8.78. The van der Waals surface area contributed by atoms with Crippen LogP contribution in [0.1, 0.15) is 30.9 Å². The number of anilines is 1. The molecule has 0 aliphatic carbocycles. The molecule has 0 radical (unpaired) electrons. The van der Waals surface area contributed by atoms with E-state index in [2.05, 4.69) is 5.32 Å². The number of amides is 3. The van der Waals surface area contributed by atoms with Gasteiger partial charge in [-0.05, 0) is 49.9 Å². The number of aryl methyl sites for hydroxylation is 1. The number of carbonyl (C=O) groups is 2. The first kappa shape index (κ1) is 20.3. The van der Waals surface area contributed by atoms with Crippen molar-refractivity contribution in [3.05, 3.63) is 59.7 Å². The summed E-state index contributed by atoms with van der Waals surface area (Å²) < 4.78 is 5.91. The summed E-state index contributed by atoms with van der Waals surface area (Å²) in [6.07, 6.45) is 1.56. The van der Waals surface area contributed by atoms with E-state index >= 15 is 0 Å². The molecule has 2 unspecified atom stereocenters. The third-order valence-electron chi connectivity index (χ3n) is 5.78. The van der Waals surface area contributed by atoms with Crippen molar-refractivity contribution in [1.29, 1.82) is 0 Å². The lowest BCUT2D eigenvalue weighted by molar-refractivity contribution is -0.126. The molecule has 1 fully saturated rings. The number of hydrogen-bond donors (Lipinski definition) is 1. The van der Waals surface area contributed by atoms with Gasteiger partial charge in [-0.3, -0.25) is 9.69 Å². The molecule has 6 nitrogen and oxygen atoms in total. The van der Waals surface area contributed by atoms with Gasteiger partial charge in [0, 0.05) is 19.6 Å². The highest BCUT2D eigenvalue weighted by Crippen LogP contribution is 2.35. The van der Waals surface area contributed by atoms with E-state index in [0.29, 0.717) is 26.2 Å². The number of rotatable bonds is 3. The molecule has 2 aromatic rings. The quantitative estimate of drug-likeness (QED) is 0.843. The molecule has 1 saturated heterocycles. The highest BCUT2D eigenvalue weighted by atomic mass is 16.5. The SMILES string of the molecule is Cc1ccc2c(c1)N(C(=O)N1CCCC(C(=O)NCc3ccccc3)C1)CC(C)O2. The van der Waals surface area contributed by atoms with Gasteiger partial charge in [0.1, 0.15) is 11.9 Å². The standard InChI is InChI=1S/C24H29N3O3/c1-17-10-11-22-21(13-17)27(15-18(2)30-22)24(29)26-12-6-9-20(16-26)23(28)25-14-19-7-4-3-5-8-19/h3-5,7-8,10-11,13,18,20H,6,9,12,14-16H2,1-2H3,(H,25,28). The third kappa shape index (κ3) is 4.42. The highest BCUT2D eigenvalue weighted by molar-refractivity contribution is 5.94. The van der Waals surface area contributed by atoms with Crippen LogP contribution in [0.3, 0.4) is 0 Å². The van der Waals surface area contributed by atoms with Crippen molar-refractivity contribution < 1.29 is 14.3 Å². The van der Waals surface area contributed by atoms with Gasteiger partial charge in [-0.2, -0.15) is 0 Å². The van der Waals surface area contributed by atoms with Gasteiger partial charge in [0.2, 0.25) is 5.91 Å². The summed E-state index contributed by atoms with van der Waals surface area (Å²) in [6.45, 7) is 6.13. The Kier molecular flexibility index (Phi) is 5.93. The van der Waals surface area contributed by atoms with Gasteiger partial charge < -0.3 is 15.0 Å². The van der Waals surface area contributed by atoms with E-state index in [0.717, 1.165) is 35.4 Å². The minimum absolute atomic E-state index is 0.0166. The summed E-state index contributed by atoms with van der Waals surface area (Å²) in [7, 11) is 0. The van der Waals surface area contributed by atoms with Crippen LogP contribution in [-0.4, -0.2) is 42.6 Å². The maximum Gasteiger partial charge on any atom is 0.324 e. The van der Waals surface area contributed by atoms with E-state index in [-0.39, 0.29) is 24.0 Å². The van der Waals surface area contributed by atoms with Gasteiger partial charge in [0.25, 0.3) is 0 Å². The van der Waals surface area contributed by atoms with Crippen LogP contribution in [-0.2, 0) is 11.3 Å². The lowest BCUT2D eigenvalue weighted by Crippen LogP contribution is -2.53. The number of carbonyl (C=O) groups excluding carboxylic acids is 2. The number of nitrogens with one attached hydrogen (secondary N) is 1. The molecule has 0 bridgehead atoms. The summed E-state index contributed by atoms with van der Waals surface area (Å²) in [4.78, 5) is 29.7. The molecule has 4 rings (SSSR count). The second-order valence-electron chi connectivity index (χ2n) is 8.28. The fourth-order valence-corrected chi connectivity index (χ4v) is 4.19. The summed E-state index contributed by atoms with van der Waals surface area (Å²) in [5.74, 6) is 0.576. The van der Waals surface area contributed by atoms with Crippen molar-refractivity contribution in [3.8, 4) is 5.75 Å². The number of fused-ring (bicyclic) bond motifs is 1. The minimum Gasteiger partial charge on any atom is -0.487 e. The maximum atomic E-state index is 13.4. The van der Waals surface area contributed by atoms with Gasteiger partial charge in [0.05, 0.1) is 18.2 Å². The molecular weight excluding hydrogens is 378 g/mol. The van der Waals surface area contributed by atoms with Crippen molar-refractivity contribution in [2.75, 3.05) is 24.5 Å². The minimum atomic E-state index is -0.179. The summed E-state index contributed by atoms with van der Waals surface area (Å²) in [6, 6.07) is 15.7. The van der Waals surface area contributed by atoms with E-state index in [1.807, 2.05) is 67.3 Å². The Labute approximate surface area is 177 Å². The number of urea groups is 1. The number of hydrogen-bond acceptors (Lipinski definition) is 3. The predicted octanol–water partition coefficient (Wildman–Crippen LogP) is 3.73. The molecular formula is C24H29N3O3. The van der Waals surface area contributed by atoms with Crippen molar-refractivity contribution in [2.24, 2.45) is 5.92 Å². The van der Waals surface area contributed by atoms with Crippen LogP contribution >= 0.6 is 0 Å². The molecule has 2 aliphatic rings. The maximum absolute atomic E-state index is 13.4. The Hall–Kier alpha value is -3.02. The fraction of sp³-hybridized carbons (Fsp3) is 0.417. The van der Waals surface area contributed by atoms with Crippen LogP contribution in [0.15, 0.2) is 48.5 Å². The van der Waals surface area contributed by atoms with Crippen LogP contribution in [0, 0.1) is 12.8 Å².